The molecule has 9 heteroatoms. The number of aromatic carboxylic acids is 1. The van der Waals surface area contributed by atoms with E-state index in [1.807, 2.05) is 0 Å². The normalized spacial score (nSPS) is 10.4. The minimum absolute atomic E-state index is 0.119. The number of thiazole rings is 1. The predicted molar refractivity (Wildman–Crippen MR) is 74.3 cm³/mol. The van der Waals surface area contributed by atoms with Gasteiger partial charge in [-0.3, -0.25) is 4.79 Å². The van der Waals surface area contributed by atoms with Crippen LogP contribution in [-0.2, 0) is 6.54 Å². The van der Waals surface area contributed by atoms with Crippen LogP contribution in [0.15, 0.2) is 22.0 Å². The molecule has 2 rings (SSSR count). The topological polar surface area (TPSA) is 79.3 Å². The molecule has 0 saturated carbocycles. The summed E-state index contributed by atoms with van der Waals surface area (Å²) in [6.45, 7) is -0.119. The van der Waals surface area contributed by atoms with Gasteiger partial charge in [-0.05, 0) is 12.1 Å². The van der Waals surface area contributed by atoms with Gasteiger partial charge in [-0.1, -0.05) is 15.9 Å². The summed E-state index contributed by atoms with van der Waals surface area (Å²) >= 11 is 3.94. The number of rotatable bonds is 4. The first-order valence-corrected chi connectivity index (χ1v) is 7.16. The molecule has 0 unspecified atom stereocenters. The first-order chi connectivity index (χ1) is 9.88. The maximum atomic E-state index is 13.6. The molecule has 0 saturated heterocycles. The van der Waals surface area contributed by atoms with E-state index in [0.29, 0.717) is 5.01 Å². The summed E-state index contributed by atoms with van der Waals surface area (Å²) in [6, 6.07) is 1.95. The van der Waals surface area contributed by atoms with Crippen LogP contribution < -0.4 is 5.32 Å². The molecule has 0 bridgehead atoms. The Kier molecular flexibility index (Phi) is 4.63. The number of amides is 1. The summed E-state index contributed by atoms with van der Waals surface area (Å²) in [4.78, 5) is 26.2. The van der Waals surface area contributed by atoms with Crippen molar-refractivity contribution >= 4 is 39.1 Å². The zero-order valence-electron chi connectivity index (χ0n) is 10.2. The fraction of sp³-hybridized carbons (Fsp3) is 0.0833. The van der Waals surface area contributed by atoms with Gasteiger partial charge in [-0.25, -0.2) is 18.6 Å². The minimum Gasteiger partial charge on any atom is -0.476 e. The molecule has 1 amide bonds. The number of hydrogen-bond donors (Lipinski definition) is 2. The molecule has 0 fully saturated rings. The van der Waals surface area contributed by atoms with Gasteiger partial charge in [0.2, 0.25) is 0 Å². The highest BCUT2D eigenvalue weighted by molar-refractivity contribution is 9.10. The Hall–Kier alpha value is -1.87. The summed E-state index contributed by atoms with van der Waals surface area (Å²) in [7, 11) is 0. The van der Waals surface area contributed by atoms with Crippen molar-refractivity contribution in [1.82, 2.24) is 10.3 Å². The van der Waals surface area contributed by atoms with Crippen molar-refractivity contribution in [2.75, 3.05) is 0 Å². The van der Waals surface area contributed by atoms with Gasteiger partial charge in [-0.2, -0.15) is 0 Å². The Morgan fingerprint density at radius 1 is 1.33 bits per heavy atom. The van der Waals surface area contributed by atoms with Gasteiger partial charge in [0.15, 0.2) is 5.69 Å². The molecule has 5 nitrogen and oxygen atoms in total. The van der Waals surface area contributed by atoms with Crippen molar-refractivity contribution in [3.05, 3.63) is 49.9 Å². The van der Waals surface area contributed by atoms with Crippen molar-refractivity contribution in [1.29, 1.82) is 0 Å². The first kappa shape index (κ1) is 15.5. The van der Waals surface area contributed by atoms with Gasteiger partial charge in [0, 0.05) is 9.85 Å². The lowest BCUT2D eigenvalue weighted by molar-refractivity contribution is 0.0691. The van der Waals surface area contributed by atoms with Crippen LogP contribution in [0.2, 0.25) is 0 Å². The van der Waals surface area contributed by atoms with E-state index in [-0.39, 0.29) is 16.7 Å². The maximum absolute atomic E-state index is 13.6. The molecule has 110 valence electrons. The lowest BCUT2D eigenvalue weighted by Crippen LogP contribution is -2.25. The van der Waals surface area contributed by atoms with Gasteiger partial charge in [-0.15, -0.1) is 11.3 Å². The Morgan fingerprint density at radius 2 is 1.95 bits per heavy atom. The third-order valence-electron chi connectivity index (χ3n) is 2.40. The predicted octanol–water partition coefficient (Wildman–Crippen LogP) is 2.81. The van der Waals surface area contributed by atoms with Crippen molar-refractivity contribution < 1.29 is 23.5 Å². The van der Waals surface area contributed by atoms with Crippen LogP contribution in [0.3, 0.4) is 0 Å². The average molecular weight is 377 g/mol. The van der Waals surface area contributed by atoms with E-state index in [9.17, 15) is 18.4 Å². The van der Waals surface area contributed by atoms with Crippen LogP contribution >= 0.6 is 27.3 Å². The molecule has 0 aliphatic heterocycles. The molecule has 0 spiro atoms. The molecule has 0 aliphatic rings. The number of nitrogens with zero attached hydrogens (tertiary/aromatic N) is 1. The van der Waals surface area contributed by atoms with Gasteiger partial charge < -0.3 is 10.4 Å². The van der Waals surface area contributed by atoms with Crippen LogP contribution in [0.25, 0.3) is 0 Å². The van der Waals surface area contributed by atoms with Crippen molar-refractivity contribution in [2.45, 2.75) is 6.54 Å². The van der Waals surface area contributed by atoms with Gasteiger partial charge in [0.25, 0.3) is 5.91 Å². The zero-order chi connectivity index (χ0) is 15.6. The zero-order valence-corrected chi connectivity index (χ0v) is 12.6. The number of carbonyl (C=O) groups is 2. The van der Waals surface area contributed by atoms with E-state index in [0.717, 1.165) is 23.5 Å². The number of hydrogen-bond acceptors (Lipinski definition) is 4. The molecular weight excluding hydrogens is 370 g/mol. The number of aromatic nitrogens is 1. The highest BCUT2D eigenvalue weighted by atomic mass is 79.9. The van der Waals surface area contributed by atoms with E-state index < -0.39 is 29.1 Å². The lowest BCUT2D eigenvalue weighted by Gasteiger charge is -2.06. The second-order valence-corrected chi connectivity index (χ2v) is 5.72. The Morgan fingerprint density at radius 3 is 2.48 bits per heavy atom. The van der Waals surface area contributed by atoms with E-state index in [4.69, 9.17) is 5.11 Å². The molecule has 2 aromatic rings. The van der Waals surface area contributed by atoms with Crippen molar-refractivity contribution in [2.24, 2.45) is 0 Å². The van der Waals surface area contributed by atoms with Crippen LogP contribution in [0.5, 0.6) is 0 Å². The van der Waals surface area contributed by atoms with Gasteiger partial charge >= 0.3 is 5.97 Å². The number of benzene rings is 1. The number of carboxylic acid groups (broad SMARTS) is 1. The molecule has 1 aromatic carbocycles. The molecule has 21 heavy (non-hydrogen) atoms. The Bertz CT molecular complexity index is 697. The highest BCUT2D eigenvalue weighted by Gasteiger charge is 2.18. The minimum atomic E-state index is -1.19. The van der Waals surface area contributed by atoms with Gasteiger partial charge in [0.1, 0.15) is 22.2 Å². The molecule has 0 atom stereocenters. The smallest absolute Gasteiger partial charge is 0.355 e. The third kappa shape index (κ3) is 3.61. The largest absolute Gasteiger partial charge is 0.476 e. The Labute approximate surface area is 129 Å². The second kappa shape index (κ2) is 6.27. The monoisotopic (exact) mass is 376 g/mol. The molecule has 0 radical (unpaired) electrons. The van der Waals surface area contributed by atoms with Gasteiger partial charge in [0.05, 0.1) is 6.54 Å². The molecular formula is C12H7BrF2N2O3S. The van der Waals surface area contributed by atoms with Crippen LogP contribution in [0.4, 0.5) is 8.78 Å². The van der Waals surface area contributed by atoms with Crippen LogP contribution in [0.1, 0.15) is 25.9 Å². The van der Waals surface area contributed by atoms with E-state index in [1.54, 1.807) is 0 Å². The quantitative estimate of drug-likeness (QED) is 0.859. The molecule has 1 heterocycles. The van der Waals surface area contributed by atoms with E-state index in [2.05, 4.69) is 26.2 Å². The van der Waals surface area contributed by atoms with E-state index in [1.165, 1.54) is 5.38 Å². The molecule has 0 aliphatic carbocycles. The molecule has 2 N–H and O–H groups in total. The second-order valence-electron chi connectivity index (χ2n) is 3.86. The standard InChI is InChI=1S/C12H7BrF2N2O3S/c13-5-1-6(14)10(7(15)2-5)11(18)16-3-9-17-8(4-21-9)12(19)20/h1-2,4H,3H2,(H,16,18)(H,19,20). The van der Waals surface area contributed by atoms with Crippen molar-refractivity contribution in [3.63, 3.8) is 0 Å². The summed E-state index contributed by atoms with van der Waals surface area (Å²) in [5.74, 6) is -4.12. The highest BCUT2D eigenvalue weighted by Crippen LogP contribution is 2.19. The molecule has 1 aromatic heterocycles. The van der Waals surface area contributed by atoms with E-state index >= 15 is 0 Å². The number of carbonyl (C=O) groups excluding carboxylic acids is 1. The average Bonchev–Trinajstić information content (AvgIpc) is 2.84. The fourth-order valence-electron chi connectivity index (χ4n) is 1.49. The Balaban J connectivity index is 2.10. The summed E-state index contributed by atoms with van der Waals surface area (Å²) < 4.78 is 27.3. The fourth-order valence-corrected chi connectivity index (χ4v) is 2.60. The third-order valence-corrected chi connectivity index (χ3v) is 3.71. The SMILES string of the molecule is O=C(O)c1csc(CNC(=O)c2c(F)cc(Br)cc2F)n1. The number of halogens is 3. The number of nitrogens with one attached hydrogen (secondary N) is 1. The first-order valence-electron chi connectivity index (χ1n) is 5.49. The van der Waals surface area contributed by atoms with Crippen molar-refractivity contribution in [3.8, 4) is 0 Å². The summed E-state index contributed by atoms with van der Waals surface area (Å²) in [6.07, 6.45) is 0. The van der Waals surface area contributed by atoms with Crippen LogP contribution in [0, 0.1) is 11.6 Å². The number of carboxylic acids is 1. The maximum Gasteiger partial charge on any atom is 0.355 e. The van der Waals surface area contributed by atoms with Crippen LogP contribution in [-0.4, -0.2) is 22.0 Å². The lowest BCUT2D eigenvalue weighted by atomic mass is 10.2. The summed E-state index contributed by atoms with van der Waals surface area (Å²) in [5, 5.41) is 12.6. The summed E-state index contributed by atoms with van der Waals surface area (Å²) in [5.41, 5.74) is -0.849.